The van der Waals surface area contributed by atoms with Gasteiger partial charge >= 0.3 is 0 Å². The molecule has 100 valence electrons. The van der Waals surface area contributed by atoms with E-state index in [4.69, 9.17) is 25.8 Å². The smallest absolute Gasteiger partial charge is 0.133 e. The molecular formula is C13H16BrClO3. The number of ether oxygens (including phenoxy) is 3. The monoisotopic (exact) mass is 334 g/mol. The molecule has 0 aromatic heterocycles. The van der Waals surface area contributed by atoms with Gasteiger partial charge in [-0.25, -0.2) is 0 Å². The number of halogens is 2. The Kier molecular flexibility index (Phi) is 4.76. The molecule has 18 heavy (non-hydrogen) atoms. The summed E-state index contributed by atoms with van der Waals surface area (Å²) < 4.78 is 17.2. The van der Waals surface area contributed by atoms with Crippen LogP contribution in [-0.4, -0.2) is 26.9 Å². The second-order valence-corrected chi connectivity index (χ2v) is 5.51. The molecule has 1 aliphatic rings. The fourth-order valence-corrected chi connectivity index (χ4v) is 2.99. The van der Waals surface area contributed by atoms with Gasteiger partial charge in [0.05, 0.1) is 30.2 Å². The second-order valence-electron chi connectivity index (χ2n) is 4.18. The molecule has 1 saturated heterocycles. The molecule has 3 nitrogen and oxygen atoms in total. The van der Waals surface area contributed by atoms with Crippen LogP contribution in [0.2, 0.25) is 0 Å². The third kappa shape index (κ3) is 2.76. The summed E-state index contributed by atoms with van der Waals surface area (Å²) in [6, 6.07) is 3.78. The lowest BCUT2D eigenvalue weighted by Gasteiger charge is -2.20. The lowest BCUT2D eigenvalue weighted by Crippen LogP contribution is -2.13. The quantitative estimate of drug-likeness (QED) is 0.780. The van der Waals surface area contributed by atoms with Gasteiger partial charge in [-0.2, -0.15) is 0 Å². The third-order valence-electron chi connectivity index (χ3n) is 3.09. The molecule has 0 amide bonds. The van der Waals surface area contributed by atoms with Crippen molar-refractivity contribution < 1.29 is 14.2 Å². The zero-order valence-electron chi connectivity index (χ0n) is 10.4. The number of hydrogen-bond acceptors (Lipinski definition) is 3. The highest BCUT2D eigenvalue weighted by Crippen LogP contribution is 2.41. The fraction of sp³-hybridized carbons (Fsp3) is 0.538. The zero-order valence-corrected chi connectivity index (χ0v) is 12.8. The molecule has 1 aromatic carbocycles. The standard InChI is InChI=1S/C13H16BrClO3/c1-16-11-7-9(14)12(17-2)6-8(11)13(15)10-4-3-5-18-10/h6-7,10,13H,3-5H2,1-2H3. The minimum Gasteiger partial charge on any atom is -0.496 e. The molecule has 2 unspecified atom stereocenters. The lowest BCUT2D eigenvalue weighted by molar-refractivity contribution is 0.107. The molecule has 1 heterocycles. The van der Waals surface area contributed by atoms with E-state index in [1.165, 1.54) is 0 Å². The fourth-order valence-electron chi connectivity index (χ4n) is 2.13. The maximum atomic E-state index is 6.50. The molecule has 2 atom stereocenters. The van der Waals surface area contributed by atoms with Gasteiger partial charge in [-0.05, 0) is 40.9 Å². The van der Waals surface area contributed by atoms with Gasteiger partial charge in [0.1, 0.15) is 11.5 Å². The molecule has 0 saturated carbocycles. The highest BCUT2D eigenvalue weighted by atomic mass is 79.9. The van der Waals surface area contributed by atoms with Crippen molar-refractivity contribution >= 4 is 27.5 Å². The predicted octanol–water partition coefficient (Wildman–Crippen LogP) is 3.93. The van der Waals surface area contributed by atoms with Crippen molar-refractivity contribution in [1.29, 1.82) is 0 Å². The Morgan fingerprint density at radius 2 is 2.06 bits per heavy atom. The van der Waals surface area contributed by atoms with Crippen molar-refractivity contribution in [3.63, 3.8) is 0 Å². The van der Waals surface area contributed by atoms with Crippen LogP contribution in [0.15, 0.2) is 16.6 Å². The highest BCUT2D eigenvalue weighted by molar-refractivity contribution is 9.10. The van der Waals surface area contributed by atoms with Crippen LogP contribution in [-0.2, 0) is 4.74 Å². The van der Waals surface area contributed by atoms with Crippen molar-refractivity contribution in [2.24, 2.45) is 0 Å². The van der Waals surface area contributed by atoms with E-state index in [2.05, 4.69) is 15.9 Å². The summed E-state index contributed by atoms with van der Waals surface area (Å²) in [6.07, 6.45) is 2.09. The topological polar surface area (TPSA) is 27.7 Å². The first-order valence-corrected chi connectivity index (χ1v) is 7.07. The van der Waals surface area contributed by atoms with Gasteiger partial charge in [0.2, 0.25) is 0 Å². The Labute approximate surface area is 120 Å². The summed E-state index contributed by atoms with van der Waals surface area (Å²) in [4.78, 5) is 0. The SMILES string of the molecule is COc1cc(C(Cl)C2CCCO2)c(OC)cc1Br. The van der Waals surface area contributed by atoms with E-state index >= 15 is 0 Å². The second kappa shape index (κ2) is 6.13. The number of alkyl halides is 1. The number of benzene rings is 1. The highest BCUT2D eigenvalue weighted by Gasteiger charge is 2.28. The van der Waals surface area contributed by atoms with Gasteiger partial charge in [0.15, 0.2) is 0 Å². The van der Waals surface area contributed by atoms with Gasteiger partial charge in [0, 0.05) is 12.2 Å². The van der Waals surface area contributed by atoms with Crippen LogP contribution in [0, 0.1) is 0 Å². The molecule has 0 spiro atoms. The van der Waals surface area contributed by atoms with E-state index in [0.29, 0.717) is 0 Å². The normalized spacial score (nSPS) is 20.8. The van der Waals surface area contributed by atoms with Gasteiger partial charge in [-0.1, -0.05) is 0 Å². The van der Waals surface area contributed by atoms with E-state index in [0.717, 1.165) is 41.0 Å². The predicted molar refractivity (Wildman–Crippen MR) is 74.8 cm³/mol. The molecule has 0 aliphatic carbocycles. The van der Waals surface area contributed by atoms with E-state index in [1.807, 2.05) is 12.1 Å². The van der Waals surface area contributed by atoms with Crippen molar-refractivity contribution in [3.05, 3.63) is 22.2 Å². The van der Waals surface area contributed by atoms with Gasteiger partial charge in [0.25, 0.3) is 0 Å². The summed E-state index contributed by atoms with van der Waals surface area (Å²) in [5.74, 6) is 1.49. The molecule has 0 bridgehead atoms. The first-order valence-electron chi connectivity index (χ1n) is 5.84. The van der Waals surface area contributed by atoms with Gasteiger partial charge in [-0.15, -0.1) is 11.6 Å². The van der Waals surface area contributed by atoms with Crippen LogP contribution >= 0.6 is 27.5 Å². The summed E-state index contributed by atoms with van der Waals surface area (Å²) in [7, 11) is 3.27. The largest absolute Gasteiger partial charge is 0.496 e. The zero-order chi connectivity index (χ0) is 13.1. The minimum absolute atomic E-state index is 0.0476. The maximum absolute atomic E-state index is 6.50. The van der Waals surface area contributed by atoms with Crippen molar-refractivity contribution in [2.45, 2.75) is 24.3 Å². The summed E-state index contributed by atoms with van der Waals surface area (Å²) >= 11 is 9.94. The summed E-state index contributed by atoms with van der Waals surface area (Å²) in [6.45, 7) is 0.782. The molecule has 5 heteroatoms. The Bertz CT molecular complexity index is 419. The van der Waals surface area contributed by atoms with E-state index in [9.17, 15) is 0 Å². The Balaban J connectivity index is 2.34. The minimum atomic E-state index is -0.218. The van der Waals surface area contributed by atoms with Crippen molar-refractivity contribution in [1.82, 2.24) is 0 Å². The lowest BCUT2D eigenvalue weighted by atomic mass is 10.0. The molecule has 1 aromatic rings. The number of rotatable bonds is 4. The first kappa shape index (κ1) is 14.0. The molecule has 0 N–H and O–H groups in total. The first-order chi connectivity index (χ1) is 8.67. The number of hydrogen-bond donors (Lipinski definition) is 0. The van der Waals surface area contributed by atoms with Crippen molar-refractivity contribution in [2.75, 3.05) is 20.8 Å². The van der Waals surface area contributed by atoms with E-state index in [1.54, 1.807) is 14.2 Å². The van der Waals surface area contributed by atoms with Crippen LogP contribution in [0.5, 0.6) is 11.5 Å². The Morgan fingerprint density at radius 3 is 2.61 bits per heavy atom. The maximum Gasteiger partial charge on any atom is 0.133 e. The average Bonchev–Trinajstić information content (AvgIpc) is 2.91. The summed E-state index contributed by atoms with van der Waals surface area (Å²) in [5, 5.41) is -0.218. The molecular weight excluding hydrogens is 319 g/mol. The average molecular weight is 336 g/mol. The molecule has 1 aliphatic heterocycles. The van der Waals surface area contributed by atoms with Crippen molar-refractivity contribution in [3.8, 4) is 11.5 Å². The molecule has 2 rings (SSSR count). The molecule has 1 fully saturated rings. The third-order valence-corrected chi connectivity index (χ3v) is 4.23. The number of methoxy groups -OCH3 is 2. The van der Waals surface area contributed by atoms with Crippen LogP contribution in [0.4, 0.5) is 0 Å². The van der Waals surface area contributed by atoms with Gasteiger partial charge < -0.3 is 14.2 Å². The summed E-state index contributed by atoms with van der Waals surface area (Å²) in [5.41, 5.74) is 0.908. The van der Waals surface area contributed by atoms with Crippen LogP contribution < -0.4 is 9.47 Å². The van der Waals surface area contributed by atoms with E-state index < -0.39 is 0 Å². The van der Waals surface area contributed by atoms with Crippen LogP contribution in [0.3, 0.4) is 0 Å². The van der Waals surface area contributed by atoms with E-state index in [-0.39, 0.29) is 11.5 Å². The Hall–Kier alpha value is -0.450. The Morgan fingerprint density at radius 1 is 1.33 bits per heavy atom. The van der Waals surface area contributed by atoms with Gasteiger partial charge in [-0.3, -0.25) is 0 Å². The van der Waals surface area contributed by atoms with Crippen LogP contribution in [0.25, 0.3) is 0 Å². The van der Waals surface area contributed by atoms with Crippen LogP contribution in [0.1, 0.15) is 23.8 Å². The molecule has 0 radical (unpaired) electrons.